The van der Waals surface area contributed by atoms with Crippen LogP contribution in [0.2, 0.25) is 0 Å². The third kappa shape index (κ3) is 2.85. The molecule has 0 bridgehead atoms. The fourth-order valence-corrected chi connectivity index (χ4v) is 2.16. The number of hydrogen-bond acceptors (Lipinski definition) is 2. The molecule has 1 aromatic rings. The average molecular weight is 298 g/mol. The van der Waals surface area contributed by atoms with Crippen molar-refractivity contribution >= 4 is 27.8 Å². The molecule has 1 atom stereocenters. The third-order valence-corrected chi connectivity index (χ3v) is 3.38. The summed E-state index contributed by atoms with van der Waals surface area (Å²) in [5, 5.41) is 8.87. The summed E-state index contributed by atoms with van der Waals surface area (Å²) in [4.78, 5) is 24.0. The number of carbonyl (C=O) groups is 2. The second kappa shape index (κ2) is 4.87. The van der Waals surface area contributed by atoms with Gasteiger partial charge in [0, 0.05) is 24.0 Å². The summed E-state index contributed by atoms with van der Waals surface area (Å²) in [6, 6.07) is 7.66. The van der Waals surface area contributed by atoms with E-state index >= 15 is 0 Å². The molecule has 0 aromatic heterocycles. The zero-order chi connectivity index (χ0) is 12.4. The quantitative estimate of drug-likeness (QED) is 0.927. The normalized spacial score (nSPS) is 19.7. The number of carboxylic acid groups (broad SMARTS) is 1. The topological polar surface area (TPSA) is 57.6 Å². The molecular formula is C12H12BrNO3. The highest BCUT2D eigenvalue weighted by Crippen LogP contribution is 2.21. The predicted octanol–water partition coefficient (Wildman–Crippen LogP) is 1.88. The molecule has 1 aromatic carbocycles. The molecule has 1 saturated heterocycles. The van der Waals surface area contributed by atoms with E-state index in [2.05, 4.69) is 15.9 Å². The zero-order valence-electron chi connectivity index (χ0n) is 9.10. The predicted molar refractivity (Wildman–Crippen MR) is 65.3 cm³/mol. The SMILES string of the molecule is O=C(O)C1CC(=O)N(Cc2ccc(Br)cc2)C1. The van der Waals surface area contributed by atoms with Gasteiger partial charge in [0.25, 0.3) is 0 Å². The maximum atomic E-state index is 11.6. The van der Waals surface area contributed by atoms with Gasteiger partial charge in [-0.25, -0.2) is 0 Å². The summed E-state index contributed by atoms with van der Waals surface area (Å²) in [7, 11) is 0. The number of carbonyl (C=O) groups excluding carboxylic acids is 1. The minimum atomic E-state index is -0.892. The summed E-state index contributed by atoms with van der Waals surface area (Å²) in [6.07, 6.45) is 0.117. The van der Waals surface area contributed by atoms with Gasteiger partial charge in [0.2, 0.25) is 5.91 Å². The van der Waals surface area contributed by atoms with Crippen LogP contribution in [0.25, 0.3) is 0 Å². The van der Waals surface area contributed by atoms with Crippen LogP contribution in [-0.4, -0.2) is 28.4 Å². The molecule has 90 valence electrons. The maximum absolute atomic E-state index is 11.6. The highest BCUT2D eigenvalue weighted by molar-refractivity contribution is 9.10. The van der Waals surface area contributed by atoms with Crippen LogP contribution < -0.4 is 0 Å². The van der Waals surface area contributed by atoms with Crippen LogP contribution in [0.15, 0.2) is 28.7 Å². The lowest BCUT2D eigenvalue weighted by molar-refractivity contribution is -0.141. The first kappa shape index (κ1) is 12.1. The lowest BCUT2D eigenvalue weighted by atomic mass is 10.1. The van der Waals surface area contributed by atoms with Crippen molar-refractivity contribution in [3.05, 3.63) is 34.3 Å². The van der Waals surface area contributed by atoms with Crippen LogP contribution in [0.5, 0.6) is 0 Å². The lowest BCUT2D eigenvalue weighted by Crippen LogP contribution is -2.25. The van der Waals surface area contributed by atoms with Crippen molar-refractivity contribution in [2.24, 2.45) is 5.92 Å². The summed E-state index contributed by atoms with van der Waals surface area (Å²) >= 11 is 3.34. The zero-order valence-corrected chi connectivity index (χ0v) is 10.7. The number of carboxylic acids is 1. The number of hydrogen-bond donors (Lipinski definition) is 1. The highest BCUT2D eigenvalue weighted by Gasteiger charge is 2.33. The van der Waals surface area contributed by atoms with Gasteiger partial charge in [0.1, 0.15) is 0 Å². The summed E-state index contributed by atoms with van der Waals surface area (Å²) in [6.45, 7) is 0.792. The number of amides is 1. The molecule has 2 rings (SSSR count). The molecule has 1 fully saturated rings. The van der Waals surface area contributed by atoms with E-state index in [1.807, 2.05) is 24.3 Å². The van der Waals surface area contributed by atoms with Gasteiger partial charge >= 0.3 is 5.97 Å². The van der Waals surface area contributed by atoms with Gasteiger partial charge in [-0.05, 0) is 17.7 Å². The van der Waals surface area contributed by atoms with E-state index in [-0.39, 0.29) is 12.3 Å². The molecule has 0 spiro atoms. The fourth-order valence-electron chi connectivity index (χ4n) is 1.90. The Kier molecular flexibility index (Phi) is 3.47. The van der Waals surface area contributed by atoms with Crippen LogP contribution in [-0.2, 0) is 16.1 Å². The van der Waals surface area contributed by atoms with E-state index in [1.165, 1.54) is 0 Å². The Morgan fingerprint density at radius 2 is 2.06 bits per heavy atom. The molecule has 17 heavy (non-hydrogen) atoms. The summed E-state index contributed by atoms with van der Waals surface area (Å²) in [5.74, 6) is -1.53. The van der Waals surface area contributed by atoms with Crippen molar-refractivity contribution in [1.29, 1.82) is 0 Å². The van der Waals surface area contributed by atoms with Crippen molar-refractivity contribution in [3.63, 3.8) is 0 Å². The fraction of sp³-hybridized carbons (Fsp3) is 0.333. The highest BCUT2D eigenvalue weighted by atomic mass is 79.9. The Labute approximate surface area is 107 Å². The van der Waals surface area contributed by atoms with Gasteiger partial charge in [-0.3, -0.25) is 9.59 Å². The monoisotopic (exact) mass is 297 g/mol. The number of aliphatic carboxylic acids is 1. The van der Waals surface area contributed by atoms with Gasteiger partial charge in [-0.1, -0.05) is 28.1 Å². The molecule has 1 amide bonds. The van der Waals surface area contributed by atoms with Crippen molar-refractivity contribution in [2.75, 3.05) is 6.54 Å². The lowest BCUT2D eigenvalue weighted by Gasteiger charge is -2.15. The van der Waals surface area contributed by atoms with E-state index in [4.69, 9.17) is 5.11 Å². The molecule has 1 N–H and O–H groups in total. The van der Waals surface area contributed by atoms with Crippen molar-refractivity contribution in [3.8, 4) is 0 Å². The minimum Gasteiger partial charge on any atom is -0.481 e. The first-order chi connectivity index (χ1) is 8.06. The van der Waals surface area contributed by atoms with Gasteiger partial charge in [-0.15, -0.1) is 0 Å². The van der Waals surface area contributed by atoms with Crippen LogP contribution in [0.1, 0.15) is 12.0 Å². The first-order valence-electron chi connectivity index (χ1n) is 5.31. The van der Waals surface area contributed by atoms with Crippen molar-refractivity contribution in [1.82, 2.24) is 4.90 Å². The largest absolute Gasteiger partial charge is 0.481 e. The van der Waals surface area contributed by atoms with E-state index in [1.54, 1.807) is 4.90 Å². The van der Waals surface area contributed by atoms with Crippen LogP contribution in [0.3, 0.4) is 0 Å². The molecule has 1 aliphatic rings. The van der Waals surface area contributed by atoms with Crippen molar-refractivity contribution < 1.29 is 14.7 Å². The second-order valence-corrected chi connectivity index (χ2v) is 5.06. The Morgan fingerprint density at radius 3 is 2.59 bits per heavy atom. The van der Waals surface area contributed by atoms with Gasteiger partial charge < -0.3 is 10.0 Å². The molecule has 1 heterocycles. The van der Waals surface area contributed by atoms with E-state index in [0.717, 1.165) is 10.0 Å². The molecule has 0 aliphatic carbocycles. The smallest absolute Gasteiger partial charge is 0.308 e. The molecule has 0 saturated carbocycles. The van der Waals surface area contributed by atoms with Gasteiger partial charge in [-0.2, -0.15) is 0 Å². The molecular weight excluding hydrogens is 286 g/mol. The van der Waals surface area contributed by atoms with E-state index < -0.39 is 11.9 Å². The van der Waals surface area contributed by atoms with Crippen LogP contribution >= 0.6 is 15.9 Å². The first-order valence-corrected chi connectivity index (χ1v) is 6.10. The number of benzene rings is 1. The summed E-state index contributed by atoms with van der Waals surface area (Å²) in [5.41, 5.74) is 1.01. The van der Waals surface area contributed by atoms with Crippen molar-refractivity contribution in [2.45, 2.75) is 13.0 Å². The van der Waals surface area contributed by atoms with E-state index in [9.17, 15) is 9.59 Å². The Balaban J connectivity index is 2.02. The number of halogens is 1. The molecule has 5 heteroatoms. The Hall–Kier alpha value is -1.36. The summed E-state index contributed by atoms with van der Waals surface area (Å²) < 4.78 is 0.984. The molecule has 1 unspecified atom stereocenters. The Bertz CT molecular complexity index is 444. The van der Waals surface area contributed by atoms with Gasteiger partial charge in [0.15, 0.2) is 0 Å². The Morgan fingerprint density at radius 1 is 1.41 bits per heavy atom. The number of likely N-dealkylation sites (tertiary alicyclic amines) is 1. The standard InChI is InChI=1S/C12H12BrNO3/c13-10-3-1-8(2-4-10)6-14-7-9(12(16)17)5-11(14)15/h1-4,9H,5-7H2,(H,16,17). The van der Waals surface area contributed by atoms with Gasteiger partial charge in [0.05, 0.1) is 5.92 Å². The molecule has 4 nitrogen and oxygen atoms in total. The minimum absolute atomic E-state index is 0.0830. The maximum Gasteiger partial charge on any atom is 0.308 e. The van der Waals surface area contributed by atoms with Crippen LogP contribution in [0, 0.1) is 5.92 Å². The van der Waals surface area contributed by atoms with E-state index in [0.29, 0.717) is 13.1 Å². The molecule has 0 radical (unpaired) electrons. The number of rotatable bonds is 3. The number of nitrogens with zero attached hydrogens (tertiary/aromatic N) is 1. The molecule has 1 aliphatic heterocycles. The third-order valence-electron chi connectivity index (χ3n) is 2.85. The van der Waals surface area contributed by atoms with Crippen LogP contribution in [0.4, 0.5) is 0 Å². The second-order valence-electron chi connectivity index (χ2n) is 4.14. The average Bonchev–Trinajstić information content (AvgIpc) is 2.64.